The van der Waals surface area contributed by atoms with Crippen LogP contribution >= 0.6 is 0 Å². The van der Waals surface area contributed by atoms with E-state index in [0.29, 0.717) is 13.2 Å². The molecule has 1 aromatic heterocycles. The molecule has 2 aliphatic rings. The number of nitrogens with zero attached hydrogens (tertiary/aromatic N) is 3. The van der Waals surface area contributed by atoms with Crippen molar-refractivity contribution in [3.63, 3.8) is 0 Å². The zero-order valence-electron chi connectivity index (χ0n) is 12.9. The van der Waals surface area contributed by atoms with Crippen LogP contribution in [-0.4, -0.2) is 67.8 Å². The maximum atomic E-state index is 12.1. The van der Waals surface area contributed by atoms with Crippen LogP contribution < -0.4 is 10.2 Å². The normalized spacial score (nSPS) is 23.3. The summed E-state index contributed by atoms with van der Waals surface area (Å²) in [5.41, 5.74) is 0. The van der Waals surface area contributed by atoms with Crippen LogP contribution in [0.15, 0.2) is 24.4 Å². The number of carbonyl (C=O) groups excluding carboxylic acids is 1. The van der Waals surface area contributed by atoms with Crippen molar-refractivity contribution in [2.75, 3.05) is 50.8 Å². The summed E-state index contributed by atoms with van der Waals surface area (Å²) in [6.07, 6.45) is 3.88. The van der Waals surface area contributed by atoms with Gasteiger partial charge in [0.2, 0.25) is 5.91 Å². The lowest BCUT2D eigenvalue weighted by molar-refractivity contribution is -0.124. The SMILES string of the molecule is O=C(CN1CCN(c2ccccn2)CC1)NC1CCCOC1. The fraction of sp³-hybridized carbons (Fsp3) is 0.625. The van der Waals surface area contributed by atoms with Gasteiger partial charge in [0.25, 0.3) is 0 Å². The van der Waals surface area contributed by atoms with Crippen molar-refractivity contribution in [2.24, 2.45) is 0 Å². The van der Waals surface area contributed by atoms with Crippen molar-refractivity contribution in [3.05, 3.63) is 24.4 Å². The molecule has 6 heteroatoms. The molecule has 6 nitrogen and oxygen atoms in total. The topological polar surface area (TPSA) is 57.7 Å². The number of pyridine rings is 1. The second-order valence-corrected chi connectivity index (χ2v) is 5.93. The van der Waals surface area contributed by atoms with Crippen LogP contribution in [0.2, 0.25) is 0 Å². The molecule has 0 aromatic carbocycles. The molecule has 120 valence electrons. The van der Waals surface area contributed by atoms with Gasteiger partial charge in [-0.05, 0) is 25.0 Å². The Morgan fingerprint density at radius 3 is 2.86 bits per heavy atom. The van der Waals surface area contributed by atoms with E-state index in [9.17, 15) is 4.79 Å². The van der Waals surface area contributed by atoms with Crippen LogP contribution in [0.5, 0.6) is 0 Å². The van der Waals surface area contributed by atoms with Crippen LogP contribution in [0.1, 0.15) is 12.8 Å². The van der Waals surface area contributed by atoms with Gasteiger partial charge in [-0.2, -0.15) is 0 Å². The lowest BCUT2D eigenvalue weighted by Crippen LogP contribution is -2.51. The maximum Gasteiger partial charge on any atom is 0.234 e. The molecule has 1 unspecified atom stereocenters. The molecular formula is C16H24N4O2. The largest absolute Gasteiger partial charge is 0.379 e. The highest BCUT2D eigenvalue weighted by Gasteiger charge is 2.21. The summed E-state index contributed by atoms with van der Waals surface area (Å²) in [7, 11) is 0. The molecule has 1 atom stereocenters. The minimum absolute atomic E-state index is 0.113. The van der Waals surface area contributed by atoms with Crippen LogP contribution in [0.4, 0.5) is 5.82 Å². The van der Waals surface area contributed by atoms with E-state index in [-0.39, 0.29) is 11.9 Å². The number of hydrogen-bond acceptors (Lipinski definition) is 5. The Hall–Kier alpha value is -1.66. The zero-order valence-corrected chi connectivity index (χ0v) is 12.9. The van der Waals surface area contributed by atoms with E-state index >= 15 is 0 Å². The van der Waals surface area contributed by atoms with Gasteiger partial charge in [0.05, 0.1) is 19.2 Å². The van der Waals surface area contributed by atoms with Crippen LogP contribution in [0.3, 0.4) is 0 Å². The van der Waals surface area contributed by atoms with Gasteiger partial charge in [-0.3, -0.25) is 9.69 Å². The molecular weight excluding hydrogens is 280 g/mol. The predicted molar refractivity (Wildman–Crippen MR) is 84.9 cm³/mol. The van der Waals surface area contributed by atoms with Gasteiger partial charge in [-0.1, -0.05) is 6.07 Å². The average molecular weight is 304 g/mol. The van der Waals surface area contributed by atoms with Crippen LogP contribution in [-0.2, 0) is 9.53 Å². The van der Waals surface area contributed by atoms with Crippen LogP contribution in [0, 0.1) is 0 Å². The molecule has 2 saturated heterocycles. The third kappa shape index (κ3) is 4.18. The Morgan fingerprint density at radius 2 is 2.18 bits per heavy atom. The third-order valence-corrected chi connectivity index (χ3v) is 4.24. The third-order valence-electron chi connectivity index (χ3n) is 4.24. The highest BCUT2D eigenvalue weighted by molar-refractivity contribution is 5.78. The Balaban J connectivity index is 1.41. The van der Waals surface area contributed by atoms with E-state index in [1.54, 1.807) is 0 Å². The number of nitrogens with one attached hydrogen (secondary N) is 1. The molecule has 3 heterocycles. The second-order valence-electron chi connectivity index (χ2n) is 5.93. The van der Waals surface area contributed by atoms with E-state index in [0.717, 1.165) is 51.4 Å². The van der Waals surface area contributed by atoms with Gasteiger partial charge in [-0.15, -0.1) is 0 Å². The van der Waals surface area contributed by atoms with Gasteiger partial charge in [0.15, 0.2) is 0 Å². The second kappa shape index (κ2) is 7.56. The van der Waals surface area contributed by atoms with Gasteiger partial charge in [-0.25, -0.2) is 4.98 Å². The predicted octanol–water partition coefficient (Wildman–Crippen LogP) is 0.499. The summed E-state index contributed by atoms with van der Waals surface area (Å²) < 4.78 is 5.39. The summed E-state index contributed by atoms with van der Waals surface area (Å²) >= 11 is 0. The molecule has 1 N–H and O–H groups in total. The molecule has 0 aliphatic carbocycles. The highest BCUT2D eigenvalue weighted by atomic mass is 16.5. The molecule has 0 saturated carbocycles. The number of carbonyl (C=O) groups is 1. The number of anilines is 1. The smallest absolute Gasteiger partial charge is 0.234 e. The first-order chi connectivity index (χ1) is 10.8. The van der Waals surface area contributed by atoms with E-state index in [4.69, 9.17) is 4.74 Å². The van der Waals surface area contributed by atoms with Crippen molar-refractivity contribution in [2.45, 2.75) is 18.9 Å². The van der Waals surface area contributed by atoms with Gasteiger partial charge < -0.3 is 15.0 Å². The van der Waals surface area contributed by atoms with Crippen molar-refractivity contribution in [1.82, 2.24) is 15.2 Å². The standard InChI is InChI=1S/C16H24N4O2/c21-16(18-14-4-3-11-22-13-14)12-19-7-9-20(10-8-19)15-5-1-2-6-17-15/h1-2,5-6,14H,3-4,7-13H2,(H,18,21). The summed E-state index contributed by atoms with van der Waals surface area (Å²) in [5.74, 6) is 1.13. The molecule has 2 fully saturated rings. The number of piperazine rings is 1. The summed E-state index contributed by atoms with van der Waals surface area (Å²) in [4.78, 5) is 21.0. The van der Waals surface area contributed by atoms with Crippen molar-refractivity contribution in [3.8, 4) is 0 Å². The molecule has 1 amide bonds. The fourth-order valence-electron chi connectivity index (χ4n) is 3.01. The molecule has 22 heavy (non-hydrogen) atoms. The Kier molecular flexibility index (Phi) is 5.24. The molecule has 3 rings (SSSR count). The van der Waals surface area contributed by atoms with Crippen molar-refractivity contribution in [1.29, 1.82) is 0 Å². The molecule has 0 radical (unpaired) electrons. The molecule has 1 aromatic rings. The number of amides is 1. The Labute approximate surface area is 131 Å². The molecule has 0 bridgehead atoms. The lowest BCUT2D eigenvalue weighted by atomic mass is 10.1. The number of rotatable bonds is 4. The van der Waals surface area contributed by atoms with E-state index in [2.05, 4.69) is 20.1 Å². The van der Waals surface area contributed by atoms with Crippen molar-refractivity contribution >= 4 is 11.7 Å². The zero-order chi connectivity index (χ0) is 15.2. The first-order valence-electron chi connectivity index (χ1n) is 8.07. The maximum absolute atomic E-state index is 12.1. The van der Waals surface area contributed by atoms with Crippen molar-refractivity contribution < 1.29 is 9.53 Å². The molecule has 0 spiro atoms. The first-order valence-corrected chi connectivity index (χ1v) is 8.07. The first kappa shape index (κ1) is 15.2. The average Bonchev–Trinajstić information content (AvgIpc) is 2.57. The quantitative estimate of drug-likeness (QED) is 0.878. The number of hydrogen-bond donors (Lipinski definition) is 1. The minimum atomic E-state index is 0.113. The lowest BCUT2D eigenvalue weighted by Gasteiger charge is -2.35. The van der Waals surface area contributed by atoms with E-state index in [1.165, 1.54) is 0 Å². The minimum Gasteiger partial charge on any atom is -0.379 e. The monoisotopic (exact) mass is 304 g/mol. The van der Waals surface area contributed by atoms with Crippen LogP contribution in [0.25, 0.3) is 0 Å². The van der Waals surface area contributed by atoms with Gasteiger partial charge >= 0.3 is 0 Å². The number of aromatic nitrogens is 1. The Morgan fingerprint density at radius 1 is 1.32 bits per heavy atom. The summed E-state index contributed by atoms with van der Waals surface area (Å²) in [6.45, 7) is 5.57. The number of ether oxygens (including phenoxy) is 1. The van der Waals surface area contributed by atoms with Gasteiger partial charge in [0.1, 0.15) is 5.82 Å². The van der Waals surface area contributed by atoms with E-state index < -0.39 is 0 Å². The van der Waals surface area contributed by atoms with E-state index in [1.807, 2.05) is 24.4 Å². The summed E-state index contributed by atoms with van der Waals surface area (Å²) in [5, 5.41) is 3.08. The Bertz CT molecular complexity index is 468. The fourth-order valence-corrected chi connectivity index (χ4v) is 3.01. The van der Waals surface area contributed by atoms with Gasteiger partial charge in [0, 0.05) is 39.0 Å². The summed E-state index contributed by atoms with van der Waals surface area (Å²) in [6, 6.07) is 6.16. The molecule has 2 aliphatic heterocycles. The highest BCUT2D eigenvalue weighted by Crippen LogP contribution is 2.12.